The van der Waals surface area contributed by atoms with Crippen molar-refractivity contribution in [3.05, 3.63) is 0 Å². The molecule has 0 unspecified atom stereocenters. The SMILES string of the molecule is CS[C@H](C)CCN. The number of hydrogen-bond donors (Lipinski definition) is 1. The Morgan fingerprint density at radius 3 is 2.43 bits per heavy atom. The van der Waals surface area contributed by atoms with Crippen molar-refractivity contribution in [1.82, 2.24) is 0 Å². The smallest absolute Gasteiger partial charge is 0.00279 e. The maximum atomic E-state index is 5.29. The molecule has 0 saturated carbocycles. The minimum Gasteiger partial charge on any atom is -0.330 e. The van der Waals surface area contributed by atoms with E-state index in [4.69, 9.17) is 5.73 Å². The molecular weight excluding hydrogens is 106 g/mol. The van der Waals surface area contributed by atoms with E-state index in [0.29, 0.717) is 0 Å². The lowest BCUT2D eigenvalue weighted by Gasteiger charge is -2.02. The van der Waals surface area contributed by atoms with Gasteiger partial charge >= 0.3 is 0 Å². The first kappa shape index (κ1) is 7.31. The summed E-state index contributed by atoms with van der Waals surface area (Å²) in [5.41, 5.74) is 5.29. The summed E-state index contributed by atoms with van der Waals surface area (Å²) in [6.45, 7) is 3.01. The van der Waals surface area contributed by atoms with E-state index >= 15 is 0 Å². The molecule has 0 aromatic rings. The predicted molar refractivity (Wildman–Crippen MR) is 36.6 cm³/mol. The molecule has 7 heavy (non-hydrogen) atoms. The molecule has 2 heteroatoms. The van der Waals surface area contributed by atoms with Crippen molar-refractivity contribution < 1.29 is 0 Å². The van der Waals surface area contributed by atoms with Gasteiger partial charge in [0.15, 0.2) is 0 Å². The van der Waals surface area contributed by atoms with Gasteiger partial charge in [-0.2, -0.15) is 11.8 Å². The van der Waals surface area contributed by atoms with Gasteiger partial charge in [0.05, 0.1) is 0 Å². The van der Waals surface area contributed by atoms with Crippen LogP contribution in [0.4, 0.5) is 0 Å². The molecule has 0 heterocycles. The summed E-state index contributed by atoms with van der Waals surface area (Å²) >= 11 is 1.87. The number of rotatable bonds is 3. The molecule has 44 valence electrons. The summed E-state index contributed by atoms with van der Waals surface area (Å²) in [6, 6.07) is 0. The summed E-state index contributed by atoms with van der Waals surface area (Å²) in [5.74, 6) is 0. The molecule has 1 nitrogen and oxygen atoms in total. The van der Waals surface area contributed by atoms with Crippen molar-refractivity contribution in [2.75, 3.05) is 12.8 Å². The minimum absolute atomic E-state index is 0.741. The highest BCUT2D eigenvalue weighted by molar-refractivity contribution is 7.99. The van der Waals surface area contributed by atoms with Gasteiger partial charge in [-0.15, -0.1) is 0 Å². The van der Waals surface area contributed by atoms with Crippen molar-refractivity contribution in [1.29, 1.82) is 0 Å². The first-order valence-corrected chi connectivity index (χ1v) is 3.83. The van der Waals surface area contributed by atoms with Crippen LogP contribution in [0.5, 0.6) is 0 Å². The van der Waals surface area contributed by atoms with Crippen LogP contribution in [-0.2, 0) is 0 Å². The van der Waals surface area contributed by atoms with Gasteiger partial charge in [-0.1, -0.05) is 6.92 Å². The average Bonchev–Trinajstić information content (AvgIpc) is 1.68. The summed E-state index contributed by atoms with van der Waals surface area (Å²) in [5, 5.41) is 0.741. The summed E-state index contributed by atoms with van der Waals surface area (Å²) in [7, 11) is 0. The Bertz CT molecular complexity index is 39.1. The molecular formula is C5H13NS. The molecule has 0 aromatic carbocycles. The lowest BCUT2D eigenvalue weighted by molar-refractivity contribution is 0.825. The average molecular weight is 119 g/mol. The van der Waals surface area contributed by atoms with Gasteiger partial charge < -0.3 is 5.73 Å². The van der Waals surface area contributed by atoms with Gasteiger partial charge in [0.2, 0.25) is 0 Å². The highest BCUT2D eigenvalue weighted by Gasteiger charge is 1.93. The minimum atomic E-state index is 0.741. The fraction of sp³-hybridized carbons (Fsp3) is 1.00. The number of nitrogens with two attached hydrogens (primary N) is 1. The topological polar surface area (TPSA) is 26.0 Å². The molecule has 2 N–H and O–H groups in total. The van der Waals surface area contributed by atoms with Crippen LogP contribution in [0.3, 0.4) is 0 Å². The summed E-state index contributed by atoms with van der Waals surface area (Å²) in [6.07, 6.45) is 3.25. The van der Waals surface area contributed by atoms with Crippen LogP contribution in [0.15, 0.2) is 0 Å². The van der Waals surface area contributed by atoms with Crippen LogP contribution < -0.4 is 5.73 Å². The predicted octanol–water partition coefficient (Wildman–Crippen LogP) is 1.09. The van der Waals surface area contributed by atoms with Crippen LogP contribution in [0.2, 0.25) is 0 Å². The first-order chi connectivity index (χ1) is 3.31. The number of thioether (sulfide) groups is 1. The zero-order valence-electron chi connectivity index (χ0n) is 4.98. The molecule has 1 atom stereocenters. The van der Waals surface area contributed by atoms with E-state index in [9.17, 15) is 0 Å². The molecule has 0 saturated heterocycles. The highest BCUT2D eigenvalue weighted by Crippen LogP contribution is 2.06. The highest BCUT2D eigenvalue weighted by atomic mass is 32.2. The van der Waals surface area contributed by atoms with E-state index in [-0.39, 0.29) is 0 Å². The van der Waals surface area contributed by atoms with Crippen LogP contribution in [-0.4, -0.2) is 18.1 Å². The van der Waals surface area contributed by atoms with Crippen molar-refractivity contribution in [3.8, 4) is 0 Å². The van der Waals surface area contributed by atoms with Crippen molar-refractivity contribution in [2.45, 2.75) is 18.6 Å². The molecule has 0 spiro atoms. The fourth-order valence-corrected chi connectivity index (χ4v) is 0.724. The van der Waals surface area contributed by atoms with Gasteiger partial charge in [0.25, 0.3) is 0 Å². The molecule has 0 aliphatic heterocycles. The van der Waals surface area contributed by atoms with E-state index in [1.165, 1.54) is 0 Å². The fourth-order valence-electron chi connectivity index (χ4n) is 0.353. The van der Waals surface area contributed by atoms with E-state index in [2.05, 4.69) is 13.2 Å². The standard InChI is InChI=1S/C5H13NS/c1-5(7-2)3-4-6/h5H,3-4,6H2,1-2H3/t5-/m1/s1. The maximum absolute atomic E-state index is 5.29. The van der Waals surface area contributed by atoms with Crippen molar-refractivity contribution in [2.24, 2.45) is 5.73 Å². The van der Waals surface area contributed by atoms with Crippen molar-refractivity contribution >= 4 is 11.8 Å². The third-order valence-corrected chi connectivity index (χ3v) is 2.02. The van der Waals surface area contributed by atoms with Crippen LogP contribution in [0, 0.1) is 0 Å². The largest absolute Gasteiger partial charge is 0.330 e. The van der Waals surface area contributed by atoms with Gasteiger partial charge in [0, 0.05) is 5.25 Å². The van der Waals surface area contributed by atoms with Crippen molar-refractivity contribution in [3.63, 3.8) is 0 Å². The third kappa shape index (κ3) is 4.16. The lowest BCUT2D eigenvalue weighted by Crippen LogP contribution is -2.05. The Kier molecular flexibility index (Phi) is 4.67. The molecule has 0 bridgehead atoms. The molecule has 0 rings (SSSR count). The number of hydrogen-bond acceptors (Lipinski definition) is 2. The normalized spacial score (nSPS) is 14.1. The van der Waals surface area contributed by atoms with Crippen LogP contribution in [0.25, 0.3) is 0 Å². The monoisotopic (exact) mass is 119 g/mol. The van der Waals surface area contributed by atoms with Crippen LogP contribution >= 0.6 is 11.8 Å². The van der Waals surface area contributed by atoms with Crippen LogP contribution in [0.1, 0.15) is 13.3 Å². The van der Waals surface area contributed by atoms with E-state index in [1.54, 1.807) is 0 Å². The Morgan fingerprint density at radius 1 is 1.71 bits per heavy atom. The Balaban J connectivity index is 2.83. The maximum Gasteiger partial charge on any atom is 0.00279 e. The quantitative estimate of drug-likeness (QED) is 0.601. The Hall–Kier alpha value is 0.310. The van der Waals surface area contributed by atoms with E-state index in [0.717, 1.165) is 18.2 Å². The summed E-state index contributed by atoms with van der Waals surface area (Å²) in [4.78, 5) is 0. The van der Waals surface area contributed by atoms with E-state index in [1.807, 2.05) is 11.8 Å². The molecule has 0 aliphatic carbocycles. The molecule has 0 aliphatic rings. The molecule has 0 radical (unpaired) electrons. The molecule has 0 aromatic heterocycles. The third-order valence-electron chi connectivity index (χ3n) is 0.976. The van der Waals surface area contributed by atoms with Gasteiger partial charge in [-0.05, 0) is 19.2 Å². The zero-order valence-corrected chi connectivity index (χ0v) is 5.79. The molecule has 0 fully saturated rings. The molecule has 0 amide bonds. The second-order valence-electron chi connectivity index (χ2n) is 1.62. The Labute approximate surface area is 49.7 Å². The van der Waals surface area contributed by atoms with Gasteiger partial charge in [0.1, 0.15) is 0 Å². The first-order valence-electron chi connectivity index (χ1n) is 2.54. The summed E-state index contributed by atoms with van der Waals surface area (Å²) < 4.78 is 0. The zero-order chi connectivity index (χ0) is 5.70. The Morgan fingerprint density at radius 2 is 2.29 bits per heavy atom. The van der Waals surface area contributed by atoms with Gasteiger partial charge in [-0.3, -0.25) is 0 Å². The lowest BCUT2D eigenvalue weighted by atomic mass is 10.3. The van der Waals surface area contributed by atoms with E-state index < -0.39 is 0 Å². The second-order valence-corrected chi connectivity index (χ2v) is 2.90. The van der Waals surface area contributed by atoms with Gasteiger partial charge in [-0.25, -0.2) is 0 Å². The second kappa shape index (κ2) is 4.47.